The number of rotatable bonds is 4. The number of nitrogens with zero attached hydrogens (tertiary/aromatic N) is 2. The SMILES string of the molecule is CC(C)n1ccc(/C=C(\C#N)C(=O)Nc2ccc(F)cc2)c1. The summed E-state index contributed by atoms with van der Waals surface area (Å²) in [6.07, 6.45) is 5.29. The number of nitrogens with one attached hydrogen (secondary N) is 1. The van der Waals surface area contributed by atoms with Gasteiger partial charge in [-0.2, -0.15) is 5.26 Å². The van der Waals surface area contributed by atoms with Gasteiger partial charge in [-0.3, -0.25) is 4.79 Å². The quantitative estimate of drug-likeness (QED) is 0.690. The summed E-state index contributed by atoms with van der Waals surface area (Å²) >= 11 is 0. The van der Waals surface area contributed by atoms with Crippen LogP contribution in [0.4, 0.5) is 10.1 Å². The summed E-state index contributed by atoms with van der Waals surface area (Å²) in [7, 11) is 0. The van der Waals surface area contributed by atoms with Crippen molar-refractivity contribution in [3.8, 4) is 6.07 Å². The monoisotopic (exact) mass is 297 g/mol. The molecule has 0 bridgehead atoms. The fraction of sp³-hybridized carbons (Fsp3) is 0.176. The van der Waals surface area contributed by atoms with Crippen LogP contribution >= 0.6 is 0 Å². The second-order valence-corrected chi connectivity index (χ2v) is 5.12. The molecule has 0 saturated carbocycles. The lowest BCUT2D eigenvalue weighted by Crippen LogP contribution is -2.13. The van der Waals surface area contributed by atoms with Crippen molar-refractivity contribution in [2.45, 2.75) is 19.9 Å². The molecular weight excluding hydrogens is 281 g/mol. The van der Waals surface area contributed by atoms with Crippen LogP contribution in [0.3, 0.4) is 0 Å². The van der Waals surface area contributed by atoms with E-state index in [1.807, 2.05) is 42.9 Å². The Labute approximate surface area is 128 Å². The van der Waals surface area contributed by atoms with E-state index in [2.05, 4.69) is 5.32 Å². The van der Waals surface area contributed by atoms with E-state index >= 15 is 0 Å². The van der Waals surface area contributed by atoms with Crippen LogP contribution < -0.4 is 5.32 Å². The molecule has 1 N–H and O–H groups in total. The topological polar surface area (TPSA) is 57.8 Å². The number of amides is 1. The smallest absolute Gasteiger partial charge is 0.266 e. The summed E-state index contributed by atoms with van der Waals surface area (Å²) in [5, 5.41) is 11.7. The summed E-state index contributed by atoms with van der Waals surface area (Å²) in [5.74, 6) is -0.907. The minimum atomic E-state index is -0.522. The first kappa shape index (κ1) is 15.5. The number of carbonyl (C=O) groups is 1. The molecule has 112 valence electrons. The maximum Gasteiger partial charge on any atom is 0.266 e. The van der Waals surface area contributed by atoms with Crippen molar-refractivity contribution < 1.29 is 9.18 Å². The van der Waals surface area contributed by atoms with Crippen LogP contribution in [0.2, 0.25) is 0 Å². The molecule has 0 aliphatic rings. The van der Waals surface area contributed by atoms with Crippen molar-refractivity contribution in [2.75, 3.05) is 5.32 Å². The molecule has 1 heterocycles. The fourth-order valence-corrected chi connectivity index (χ4v) is 1.88. The molecule has 0 aliphatic heterocycles. The molecule has 22 heavy (non-hydrogen) atoms. The molecule has 0 radical (unpaired) electrons. The Bertz CT molecular complexity index is 736. The van der Waals surface area contributed by atoms with Crippen LogP contribution in [-0.4, -0.2) is 10.5 Å². The molecule has 0 unspecified atom stereocenters. The molecule has 5 heteroatoms. The van der Waals surface area contributed by atoms with Crippen molar-refractivity contribution in [1.82, 2.24) is 4.57 Å². The zero-order chi connectivity index (χ0) is 16.1. The Morgan fingerprint density at radius 2 is 2.00 bits per heavy atom. The van der Waals surface area contributed by atoms with Gasteiger partial charge in [0.25, 0.3) is 5.91 Å². The van der Waals surface area contributed by atoms with E-state index < -0.39 is 5.91 Å². The number of nitriles is 1. The third-order valence-corrected chi connectivity index (χ3v) is 3.11. The molecule has 1 aromatic heterocycles. The summed E-state index contributed by atoms with van der Waals surface area (Å²) in [6.45, 7) is 4.08. The Balaban J connectivity index is 2.16. The first-order valence-corrected chi connectivity index (χ1v) is 6.86. The van der Waals surface area contributed by atoms with Gasteiger partial charge in [-0.05, 0) is 55.8 Å². The lowest BCUT2D eigenvalue weighted by atomic mass is 10.2. The van der Waals surface area contributed by atoms with Crippen LogP contribution in [0.25, 0.3) is 6.08 Å². The molecular formula is C17H16FN3O. The van der Waals surface area contributed by atoms with Gasteiger partial charge in [0.15, 0.2) is 0 Å². The molecule has 0 aliphatic carbocycles. The summed E-state index contributed by atoms with van der Waals surface area (Å²) < 4.78 is 14.8. The van der Waals surface area contributed by atoms with Crippen LogP contribution in [0.5, 0.6) is 0 Å². The molecule has 4 nitrogen and oxygen atoms in total. The van der Waals surface area contributed by atoms with E-state index in [-0.39, 0.29) is 11.4 Å². The van der Waals surface area contributed by atoms with Crippen LogP contribution in [0.1, 0.15) is 25.5 Å². The maximum atomic E-state index is 12.8. The van der Waals surface area contributed by atoms with E-state index in [0.717, 1.165) is 5.56 Å². The van der Waals surface area contributed by atoms with Gasteiger partial charge in [0.1, 0.15) is 17.5 Å². The van der Waals surface area contributed by atoms with Gasteiger partial charge < -0.3 is 9.88 Å². The van der Waals surface area contributed by atoms with Gasteiger partial charge in [-0.25, -0.2) is 4.39 Å². The molecule has 0 fully saturated rings. The predicted octanol–water partition coefficient (Wildman–Crippen LogP) is 3.75. The van der Waals surface area contributed by atoms with Gasteiger partial charge in [-0.1, -0.05) is 0 Å². The lowest BCUT2D eigenvalue weighted by Gasteiger charge is -2.05. The predicted molar refractivity (Wildman–Crippen MR) is 83.4 cm³/mol. The maximum absolute atomic E-state index is 12.8. The van der Waals surface area contributed by atoms with Gasteiger partial charge in [0.2, 0.25) is 0 Å². The zero-order valence-corrected chi connectivity index (χ0v) is 12.4. The van der Waals surface area contributed by atoms with Gasteiger partial charge >= 0.3 is 0 Å². The highest BCUT2D eigenvalue weighted by Gasteiger charge is 2.10. The van der Waals surface area contributed by atoms with Gasteiger partial charge in [-0.15, -0.1) is 0 Å². The number of benzene rings is 1. The highest BCUT2D eigenvalue weighted by atomic mass is 19.1. The number of hydrogen-bond acceptors (Lipinski definition) is 2. The van der Waals surface area contributed by atoms with E-state index in [4.69, 9.17) is 5.26 Å². The first-order chi connectivity index (χ1) is 10.5. The normalized spacial score (nSPS) is 11.3. The molecule has 0 atom stereocenters. The Morgan fingerprint density at radius 1 is 1.32 bits per heavy atom. The first-order valence-electron chi connectivity index (χ1n) is 6.86. The van der Waals surface area contributed by atoms with Gasteiger partial charge in [0.05, 0.1) is 0 Å². The average Bonchev–Trinajstić information content (AvgIpc) is 2.96. The fourth-order valence-electron chi connectivity index (χ4n) is 1.88. The third-order valence-electron chi connectivity index (χ3n) is 3.11. The third kappa shape index (κ3) is 3.83. The van der Waals surface area contributed by atoms with E-state index in [1.165, 1.54) is 30.3 Å². The van der Waals surface area contributed by atoms with E-state index in [9.17, 15) is 9.18 Å². The second-order valence-electron chi connectivity index (χ2n) is 5.12. The summed E-state index contributed by atoms with van der Waals surface area (Å²) in [5.41, 5.74) is 1.21. The summed E-state index contributed by atoms with van der Waals surface area (Å²) in [4.78, 5) is 12.1. The van der Waals surface area contributed by atoms with Crippen molar-refractivity contribution in [2.24, 2.45) is 0 Å². The van der Waals surface area contributed by atoms with Crippen LogP contribution in [-0.2, 0) is 4.79 Å². The van der Waals surface area contributed by atoms with Crippen molar-refractivity contribution in [1.29, 1.82) is 5.26 Å². The Hall–Kier alpha value is -2.87. The van der Waals surface area contributed by atoms with Crippen molar-refractivity contribution in [3.63, 3.8) is 0 Å². The second kappa shape index (κ2) is 6.72. The number of aromatic nitrogens is 1. The molecule has 2 rings (SSSR count). The molecule has 2 aromatic rings. The summed E-state index contributed by atoms with van der Waals surface area (Å²) in [6, 6.07) is 9.40. The zero-order valence-electron chi connectivity index (χ0n) is 12.4. The van der Waals surface area contributed by atoms with Crippen LogP contribution in [0.15, 0.2) is 48.3 Å². The average molecular weight is 297 g/mol. The Morgan fingerprint density at radius 3 is 2.55 bits per heavy atom. The van der Waals surface area contributed by atoms with E-state index in [0.29, 0.717) is 11.7 Å². The Kier molecular flexibility index (Phi) is 4.74. The van der Waals surface area contributed by atoms with Crippen molar-refractivity contribution >= 4 is 17.7 Å². The molecule has 1 aromatic carbocycles. The number of hydrogen-bond donors (Lipinski definition) is 1. The van der Waals surface area contributed by atoms with Crippen LogP contribution in [0, 0.1) is 17.1 Å². The number of carbonyl (C=O) groups excluding carboxylic acids is 1. The molecule has 0 spiro atoms. The minimum absolute atomic E-state index is 0.00849. The standard InChI is InChI=1S/C17H16FN3O/c1-12(2)21-8-7-13(11-21)9-14(10-19)17(22)20-16-5-3-15(18)4-6-16/h3-9,11-12H,1-2H3,(H,20,22)/b14-9+. The highest BCUT2D eigenvalue weighted by molar-refractivity contribution is 6.09. The number of anilines is 1. The number of halogens is 1. The van der Waals surface area contributed by atoms with Gasteiger partial charge in [0, 0.05) is 24.1 Å². The van der Waals surface area contributed by atoms with E-state index in [1.54, 1.807) is 0 Å². The molecule has 0 saturated heterocycles. The highest BCUT2D eigenvalue weighted by Crippen LogP contribution is 2.14. The van der Waals surface area contributed by atoms with Crippen molar-refractivity contribution in [3.05, 3.63) is 59.7 Å². The molecule has 1 amide bonds. The lowest BCUT2D eigenvalue weighted by molar-refractivity contribution is -0.112. The minimum Gasteiger partial charge on any atom is -0.351 e. The largest absolute Gasteiger partial charge is 0.351 e.